The zero-order valence-corrected chi connectivity index (χ0v) is 22.9. The number of benzene rings is 3. The molecule has 5 aromatic rings. The molecule has 2 aromatic heterocycles. The first-order valence-electron chi connectivity index (χ1n) is 12.6. The Hall–Kier alpha value is -4.15. The third-order valence-corrected chi connectivity index (χ3v) is 9.00. The van der Waals surface area contributed by atoms with Crippen molar-refractivity contribution in [1.82, 2.24) is 10.2 Å². The third kappa shape index (κ3) is 4.73. The molecule has 3 aromatic carbocycles. The van der Waals surface area contributed by atoms with Crippen LogP contribution in [-0.4, -0.2) is 27.7 Å². The van der Waals surface area contributed by atoms with Crippen molar-refractivity contribution in [3.05, 3.63) is 107 Å². The zero-order chi connectivity index (χ0) is 27.8. The Morgan fingerprint density at radius 1 is 1.02 bits per heavy atom. The number of carbonyl (C=O) groups is 3. The summed E-state index contributed by atoms with van der Waals surface area (Å²) in [5, 5.41) is 9.30. The average molecular weight is 572 g/mol. The Kier molecular flexibility index (Phi) is 7.03. The number of amides is 1. The molecule has 6 rings (SSSR count). The molecular weight excluding hydrogens is 549 g/mol. The van der Waals surface area contributed by atoms with E-state index in [2.05, 4.69) is 10.2 Å². The van der Waals surface area contributed by atoms with E-state index in [1.54, 1.807) is 36.4 Å². The van der Waals surface area contributed by atoms with Crippen molar-refractivity contribution in [3.8, 4) is 0 Å². The fourth-order valence-electron chi connectivity index (χ4n) is 4.80. The van der Waals surface area contributed by atoms with Gasteiger partial charge in [-0.05, 0) is 41.3 Å². The molecule has 0 spiro atoms. The van der Waals surface area contributed by atoms with E-state index in [1.807, 2.05) is 43.3 Å². The number of hydrogen-bond acceptors (Lipinski definition) is 8. The normalized spacial score (nSPS) is 17.2. The highest BCUT2D eigenvalue weighted by Gasteiger charge is 2.54. The Morgan fingerprint density at radius 3 is 2.52 bits per heavy atom. The monoisotopic (exact) mass is 571 g/mol. The maximum absolute atomic E-state index is 14.1. The molecule has 0 radical (unpaired) electrons. The van der Waals surface area contributed by atoms with Crippen molar-refractivity contribution in [2.75, 3.05) is 4.90 Å². The van der Waals surface area contributed by atoms with Crippen molar-refractivity contribution >= 4 is 56.7 Å². The molecule has 1 fully saturated rings. The van der Waals surface area contributed by atoms with Gasteiger partial charge in [0.15, 0.2) is 10.1 Å². The van der Waals surface area contributed by atoms with Crippen molar-refractivity contribution in [2.45, 2.75) is 29.5 Å². The Morgan fingerprint density at radius 2 is 1.77 bits per heavy atom. The van der Waals surface area contributed by atoms with Crippen molar-refractivity contribution in [1.29, 1.82) is 0 Å². The predicted molar refractivity (Wildman–Crippen MR) is 151 cm³/mol. The number of fused-ring (bicyclic) bond motifs is 1. The highest BCUT2D eigenvalue weighted by Crippen LogP contribution is 2.43. The van der Waals surface area contributed by atoms with E-state index in [1.165, 1.54) is 22.7 Å². The SMILES string of the molecule is CCc1ccc(C2C(C(=O)c3cc4ccccc4o3)C(=O)C(=O)N2c2nnc(SCc3ccccc3F)s2)cc1. The number of para-hydroxylation sites is 1. The van der Waals surface area contributed by atoms with Gasteiger partial charge in [-0.1, -0.05) is 90.7 Å². The largest absolute Gasteiger partial charge is 0.453 e. The van der Waals surface area contributed by atoms with Crippen LogP contribution in [0, 0.1) is 11.7 Å². The number of hydrogen-bond donors (Lipinski definition) is 0. The quantitative estimate of drug-likeness (QED) is 0.0696. The summed E-state index contributed by atoms with van der Waals surface area (Å²) < 4.78 is 20.4. The van der Waals surface area contributed by atoms with Crippen LogP contribution in [0.3, 0.4) is 0 Å². The minimum atomic E-state index is -1.32. The van der Waals surface area contributed by atoms with E-state index in [9.17, 15) is 18.8 Å². The van der Waals surface area contributed by atoms with Crippen molar-refractivity contribution in [2.24, 2.45) is 5.92 Å². The van der Waals surface area contributed by atoms with E-state index in [0.29, 0.717) is 26.8 Å². The number of Topliss-reactive ketones (excluding diaryl/α,β-unsaturated/α-hetero) is 2. The van der Waals surface area contributed by atoms with Crippen LogP contribution in [0.25, 0.3) is 11.0 Å². The van der Waals surface area contributed by atoms with Crippen LogP contribution in [0.1, 0.15) is 40.2 Å². The van der Waals surface area contributed by atoms with Gasteiger partial charge in [-0.15, -0.1) is 10.2 Å². The number of nitrogens with zero attached hydrogens (tertiary/aromatic N) is 3. The van der Waals surface area contributed by atoms with Gasteiger partial charge < -0.3 is 4.42 Å². The van der Waals surface area contributed by atoms with E-state index in [4.69, 9.17) is 4.42 Å². The average Bonchev–Trinajstić information content (AvgIpc) is 3.69. The van der Waals surface area contributed by atoms with Gasteiger partial charge in [-0.2, -0.15) is 0 Å². The molecular formula is C30H22FN3O4S2. The number of aromatic nitrogens is 2. The number of rotatable bonds is 8. The summed E-state index contributed by atoms with van der Waals surface area (Å²) in [4.78, 5) is 41.9. The summed E-state index contributed by atoms with van der Waals surface area (Å²) in [5.41, 5.74) is 2.74. The first-order valence-corrected chi connectivity index (χ1v) is 14.4. The highest BCUT2D eigenvalue weighted by molar-refractivity contribution is 8.00. The molecule has 200 valence electrons. The Balaban J connectivity index is 1.36. The summed E-state index contributed by atoms with van der Waals surface area (Å²) in [6.07, 6.45) is 0.812. The fraction of sp³-hybridized carbons (Fsp3) is 0.167. The number of aryl methyl sites for hydroxylation is 1. The molecule has 0 bridgehead atoms. The molecule has 0 aliphatic carbocycles. The third-order valence-electron chi connectivity index (χ3n) is 6.90. The molecule has 1 aliphatic rings. The molecule has 2 unspecified atom stereocenters. The molecule has 0 N–H and O–H groups in total. The number of furan rings is 1. The standard InChI is InChI=1S/C30H22FN3O4S2/c1-2-17-11-13-18(14-12-17)25-24(26(35)23-15-19-7-4-6-10-22(19)38-23)27(36)28(37)34(25)29-32-33-30(40-29)39-16-20-8-3-5-9-21(20)31/h3-15,24-25H,2,16H2,1H3. The van der Waals surface area contributed by atoms with E-state index < -0.39 is 29.4 Å². The predicted octanol–water partition coefficient (Wildman–Crippen LogP) is 6.43. The van der Waals surface area contributed by atoms with Gasteiger partial charge in [0, 0.05) is 11.1 Å². The van der Waals surface area contributed by atoms with Crippen LogP contribution in [-0.2, 0) is 21.8 Å². The second-order valence-corrected chi connectivity index (χ2v) is 11.5. The van der Waals surface area contributed by atoms with Gasteiger partial charge in [-0.3, -0.25) is 19.3 Å². The molecule has 7 nitrogen and oxygen atoms in total. The maximum Gasteiger partial charge on any atom is 0.297 e. The van der Waals surface area contributed by atoms with Crippen LogP contribution in [0.5, 0.6) is 0 Å². The lowest BCUT2D eigenvalue weighted by molar-refractivity contribution is -0.135. The lowest BCUT2D eigenvalue weighted by atomic mass is 9.88. The molecule has 10 heteroatoms. The van der Waals surface area contributed by atoms with E-state index >= 15 is 0 Å². The van der Waals surface area contributed by atoms with Gasteiger partial charge in [0.2, 0.25) is 16.7 Å². The number of anilines is 1. The minimum absolute atomic E-state index is 0.0165. The second kappa shape index (κ2) is 10.8. The first-order chi connectivity index (χ1) is 19.4. The number of ketones is 2. The smallest absolute Gasteiger partial charge is 0.297 e. The van der Waals surface area contributed by atoms with Gasteiger partial charge in [-0.25, -0.2) is 4.39 Å². The highest BCUT2D eigenvalue weighted by atomic mass is 32.2. The molecule has 2 atom stereocenters. The molecule has 3 heterocycles. The lowest BCUT2D eigenvalue weighted by Crippen LogP contribution is -2.30. The summed E-state index contributed by atoms with van der Waals surface area (Å²) >= 11 is 2.39. The molecule has 1 aliphatic heterocycles. The summed E-state index contributed by atoms with van der Waals surface area (Å²) in [6.45, 7) is 2.03. The van der Waals surface area contributed by atoms with Crippen molar-refractivity contribution < 1.29 is 23.2 Å². The minimum Gasteiger partial charge on any atom is -0.453 e. The van der Waals surface area contributed by atoms with Crippen molar-refractivity contribution in [3.63, 3.8) is 0 Å². The summed E-state index contributed by atoms with van der Waals surface area (Å²) in [6, 6.07) is 21.8. The van der Waals surface area contributed by atoms with Gasteiger partial charge in [0.25, 0.3) is 5.91 Å². The fourth-order valence-corrected chi connectivity index (χ4v) is 6.66. The molecule has 0 saturated carbocycles. The van der Waals surface area contributed by atoms with Gasteiger partial charge in [0.05, 0.1) is 6.04 Å². The van der Waals surface area contributed by atoms with Gasteiger partial charge >= 0.3 is 0 Å². The summed E-state index contributed by atoms with van der Waals surface area (Å²) in [7, 11) is 0. The van der Waals surface area contributed by atoms with E-state index in [-0.39, 0.29) is 16.7 Å². The topological polar surface area (TPSA) is 93.4 Å². The van der Waals surface area contributed by atoms with Crippen LogP contribution in [0.2, 0.25) is 0 Å². The van der Waals surface area contributed by atoms with Gasteiger partial charge in [0.1, 0.15) is 17.3 Å². The number of thioether (sulfide) groups is 1. The zero-order valence-electron chi connectivity index (χ0n) is 21.2. The van der Waals surface area contributed by atoms with Crippen LogP contribution in [0.15, 0.2) is 87.6 Å². The summed E-state index contributed by atoms with van der Waals surface area (Å²) in [5.74, 6) is -3.53. The number of carbonyl (C=O) groups excluding carboxylic acids is 3. The first kappa shape index (κ1) is 26.1. The maximum atomic E-state index is 14.1. The van der Waals surface area contributed by atoms with Crippen LogP contribution < -0.4 is 4.90 Å². The second-order valence-electron chi connectivity index (χ2n) is 9.30. The number of halogens is 1. The van der Waals surface area contributed by atoms with Crippen LogP contribution >= 0.6 is 23.1 Å². The van der Waals surface area contributed by atoms with Crippen LogP contribution in [0.4, 0.5) is 9.52 Å². The molecule has 40 heavy (non-hydrogen) atoms. The Labute approximate surface area is 237 Å². The molecule has 1 saturated heterocycles. The molecule has 1 amide bonds. The van der Waals surface area contributed by atoms with E-state index in [0.717, 1.165) is 28.7 Å². The lowest BCUT2D eigenvalue weighted by Gasteiger charge is -2.24. The Bertz CT molecular complexity index is 1710.